The van der Waals surface area contributed by atoms with Gasteiger partial charge in [0.25, 0.3) is 0 Å². The van der Waals surface area contributed by atoms with Gasteiger partial charge >= 0.3 is 0 Å². The highest BCUT2D eigenvalue weighted by Gasteiger charge is 2.52. The average molecular weight is 543 g/mol. The van der Waals surface area contributed by atoms with Gasteiger partial charge in [-0.15, -0.1) is 0 Å². The van der Waals surface area contributed by atoms with Gasteiger partial charge in [-0.3, -0.25) is 0 Å². The normalized spacial score (nSPS) is 33.3. The maximum Gasteiger partial charge on any atom is 0.218 e. The molecule has 0 saturated heterocycles. The molecule has 8 heteroatoms. The zero-order chi connectivity index (χ0) is 27.5. The van der Waals surface area contributed by atoms with Gasteiger partial charge in [0, 0.05) is 22.2 Å². The first-order valence-electron chi connectivity index (χ1n) is 13.6. The highest BCUT2D eigenvalue weighted by atomic mass is 32.2. The van der Waals surface area contributed by atoms with Gasteiger partial charge in [0.15, 0.2) is 0 Å². The van der Waals surface area contributed by atoms with Crippen LogP contribution < -0.4 is 0 Å². The van der Waals surface area contributed by atoms with E-state index in [9.17, 15) is 16.8 Å². The van der Waals surface area contributed by atoms with Crippen LogP contribution in [0.25, 0.3) is 0 Å². The van der Waals surface area contributed by atoms with E-state index in [2.05, 4.69) is 12.2 Å². The van der Waals surface area contributed by atoms with Crippen LogP contribution in [-0.4, -0.2) is 58.6 Å². The number of hydrogen-bond donors (Lipinski definition) is 0. The van der Waals surface area contributed by atoms with Crippen molar-refractivity contribution in [1.82, 2.24) is 8.61 Å². The Hall–Kier alpha value is -0.700. The fraction of sp³-hybridized carbons (Fsp3) is 0.857. The summed E-state index contributed by atoms with van der Waals surface area (Å²) in [5.74, 6) is 0.00895. The molecule has 1 aliphatic carbocycles. The molecule has 0 amide bonds. The zero-order valence-corrected chi connectivity index (χ0v) is 25.8. The Bertz CT molecular complexity index is 1100. The molecule has 0 bridgehead atoms. The van der Waals surface area contributed by atoms with Crippen LogP contribution in [0.3, 0.4) is 0 Å². The molecule has 2 heterocycles. The van der Waals surface area contributed by atoms with E-state index in [4.69, 9.17) is 0 Å². The lowest BCUT2D eigenvalue weighted by molar-refractivity contribution is 0.126. The van der Waals surface area contributed by atoms with E-state index < -0.39 is 47.5 Å². The molecule has 208 valence electrons. The Morgan fingerprint density at radius 3 is 1.75 bits per heavy atom. The van der Waals surface area contributed by atoms with Crippen molar-refractivity contribution in [3.63, 3.8) is 0 Å². The summed E-state index contributed by atoms with van der Waals surface area (Å²) in [6, 6.07) is 0. The van der Waals surface area contributed by atoms with Crippen LogP contribution in [0.4, 0.5) is 0 Å². The van der Waals surface area contributed by atoms with Gasteiger partial charge in [0.05, 0.1) is 11.0 Å². The second-order valence-electron chi connectivity index (χ2n) is 14.1. The summed E-state index contributed by atoms with van der Waals surface area (Å²) in [5, 5.41) is -0.503. The van der Waals surface area contributed by atoms with Crippen molar-refractivity contribution in [1.29, 1.82) is 0 Å². The third-order valence-corrected chi connectivity index (χ3v) is 14.2. The first-order chi connectivity index (χ1) is 16.2. The van der Waals surface area contributed by atoms with Gasteiger partial charge in [-0.1, -0.05) is 38.2 Å². The van der Waals surface area contributed by atoms with Crippen molar-refractivity contribution in [2.45, 2.75) is 129 Å². The number of hydrogen-bond acceptors (Lipinski definition) is 4. The molecule has 6 nitrogen and oxygen atoms in total. The van der Waals surface area contributed by atoms with Crippen LogP contribution in [0, 0.1) is 17.8 Å². The van der Waals surface area contributed by atoms with Gasteiger partial charge in [0.1, 0.15) is 0 Å². The van der Waals surface area contributed by atoms with Gasteiger partial charge in [-0.05, 0) is 105 Å². The van der Waals surface area contributed by atoms with Crippen molar-refractivity contribution in [2.75, 3.05) is 5.75 Å². The SMILES string of the molecule is CC(CS(=O)(=O)N1C(C)(C)C=CCC1(C)C)C1CCC(C)C(S(=O)(=O)N2C(C)(C)C=CCC2(C)C)C1. The first kappa shape index (κ1) is 29.9. The van der Waals surface area contributed by atoms with Gasteiger partial charge in [-0.25, -0.2) is 16.8 Å². The van der Waals surface area contributed by atoms with Crippen LogP contribution in [0.2, 0.25) is 0 Å². The van der Waals surface area contributed by atoms with Gasteiger partial charge in [-0.2, -0.15) is 8.61 Å². The van der Waals surface area contributed by atoms with Crippen molar-refractivity contribution >= 4 is 20.0 Å². The van der Waals surface area contributed by atoms with Crippen LogP contribution in [0.1, 0.15) is 101 Å². The minimum atomic E-state index is -3.60. The Morgan fingerprint density at radius 1 is 0.806 bits per heavy atom. The minimum Gasteiger partial charge on any atom is -0.212 e. The molecule has 4 unspecified atom stereocenters. The summed E-state index contributed by atoms with van der Waals surface area (Å²) in [7, 11) is -7.16. The lowest BCUT2D eigenvalue weighted by Crippen LogP contribution is -2.62. The molecular weight excluding hydrogens is 492 g/mol. The Balaban J connectivity index is 1.86. The summed E-state index contributed by atoms with van der Waals surface area (Å²) in [6.45, 7) is 19.9. The van der Waals surface area contributed by atoms with E-state index in [1.54, 1.807) is 8.61 Å². The van der Waals surface area contributed by atoms with E-state index in [1.807, 2.05) is 81.4 Å². The smallest absolute Gasteiger partial charge is 0.212 e. The van der Waals surface area contributed by atoms with Crippen LogP contribution >= 0.6 is 0 Å². The molecule has 0 spiro atoms. The van der Waals surface area contributed by atoms with Crippen molar-refractivity contribution in [3.05, 3.63) is 24.3 Å². The fourth-order valence-corrected chi connectivity index (χ4v) is 13.1. The second kappa shape index (κ2) is 9.49. The van der Waals surface area contributed by atoms with Crippen LogP contribution in [0.5, 0.6) is 0 Å². The summed E-state index contributed by atoms with van der Waals surface area (Å²) in [4.78, 5) is 0. The zero-order valence-electron chi connectivity index (χ0n) is 24.2. The van der Waals surface area contributed by atoms with E-state index in [-0.39, 0.29) is 23.5 Å². The molecule has 0 N–H and O–H groups in total. The highest BCUT2D eigenvalue weighted by Crippen LogP contribution is 2.45. The molecule has 1 saturated carbocycles. The Labute approximate surface area is 221 Å². The lowest BCUT2D eigenvalue weighted by Gasteiger charge is -2.51. The molecule has 0 radical (unpaired) electrons. The largest absolute Gasteiger partial charge is 0.218 e. The molecule has 2 aliphatic heterocycles. The molecule has 0 aromatic rings. The monoisotopic (exact) mass is 542 g/mol. The predicted octanol–water partition coefficient (Wildman–Crippen LogP) is 5.73. The van der Waals surface area contributed by atoms with E-state index in [0.717, 1.165) is 12.8 Å². The second-order valence-corrected chi connectivity index (χ2v) is 17.9. The van der Waals surface area contributed by atoms with Crippen molar-refractivity contribution in [2.24, 2.45) is 17.8 Å². The fourth-order valence-electron chi connectivity index (χ4n) is 7.46. The lowest BCUT2D eigenvalue weighted by atomic mass is 9.77. The Morgan fingerprint density at radius 2 is 1.28 bits per heavy atom. The quantitative estimate of drug-likeness (QED) is 0.402. The predicted molar refractivity (Wildman–Crippen MR) is 150 cm³/mol. The summed E-state index contributed by atoms with van der Waals surface area (Å²) < 4.78 is 59.4. The minimum absolute atomic E-state index is 0.0395. The molecule has 4 atom stereocenters. The highest BCUT2D eigenvalue weighted by molar-refractivity contribution is 7.90. The summed E-state index contributed by atoms with van der Waals surface area (Å²) in [6.07, 6.45) is 11.7. The van der Waals surface area contributed by atoms with Gasteiger partial charge < -0.3 is 0 Å². The number of nitrogens with zero attached hydrogens (tertiary/aromatic N) is 2. The molecule has 3 rings (SSSR count). The van der Waals surface area contributed by atoms with Crippen molar-refractivity contribution in [3.8, 4) is 0 Å². The maximum atomic E-state index is 14.2. The third-order valence-electron chi connectivity index (χ3n) is 8.79. The van der Waals surface area contributed by atoms with Gasteiger partial charge in [0.2, 0.25) is 20.0 Å². The molecule has 0 aromatic heterocycles. The van der Waals surface area contributed by atoms with E-state index in [1.165, 1.54) is 0 Å². The molecule has 0 aromatic carbocycles. The molecule has 3 aliphatic rings. The standard InChI is InChI=1S/C28H50N2O4S2/c1-21-13-14-23(19-24(21)36(33,34)30-27(7,8)17-12-18-28(30,9)10)22(2)20-35(31,32)29-25(3,4)15-11-16-26(29,5)6/h11-12,15,17,21-24H,13-14,16,18-20H2,1-10H3. The molecular formula is C28H50N2O4S2. The first-order valence-corrected chi connectivity index (χ1v) is 16.7. The molecule has 1 fully saturated rings. The summed E-state index contributed by atoms with van der Waals surface area (Å²) >= 11 is 0. The van der Waals surface area contributed by atoms with Crippen LogP contribution in [-0.2, 0) is 20.0 Å². The number of rotatable bonds is 6. The Kier molecular flexibility index (Phi) is 7.87. The topological polar surface area (TPSA) is 74.8 Å². The third kappa shape index (κ3) is 5.52. The van der Waals surface area contributed by atoms with Crippen LogP contribution in [0.15, 0.2) is 24.3 Å². The summed E-state index contributed by atoms with van der Waals surface area (Å²) in [5.41, 5.74) is -2.19. The number of sulfonamides is 2. The maximum absolute atomic E-state index is 14.2. The van der Waals surface area contributed by atoms with E-state index in [0.29, 0.717) is 19.3 Å². The van der Waals surface area contributed by atoms with E-state index >= 15 is 0 Å². The van der Waals surface area contributed by atoms with Crippen molar-refractivity contribution < 1.29 is 16.8 Å². The average Bonchev–Trinajstić information content (AvgIpc) is 2.63. The molecule has 36 heavy (non-hydrogen) atoms.